The number of likely N-dealkylation sites (N-methyl/N-ethyl adjacent to an activating group) is 1. The van der Waals surface area contributed by atoms with Crippen LogP contribution in [0.3, 0.4) is 0 Å². The first-order valence-corrected chi connectivity index (χ1v) is 9.00. The third-order valence-electron chi connectivity index (χ3n) is 4.35. The molecule has 6 heteroatoms. The van der Waals surface area contributed by atoms with Crippen molar-refractivity contribution < 1.29 is 14.3 Å². The number of ether oxygens (including phenoxy) is 1. The first kappa shape index (κ1) is 18.6. The zero-order valence-electron chi connectivity index (χ0n) is 14.1. The number of piperidine rings is 1. The molecule has 1 aromatic carbocycles. The van der Waals surface area contributed by atoms with Crippen molar-refractivity contribution in [1.29, 1.82) is 0 Å². The third kappa shape index (κ3) is 5.13. The number of likely N-dealkylation sites (tertiary alicyclic amines) is 1. The van der Waals surface area contributed by atoms with Gasteiger partial charge in [-0.15, -0.1) is 11.6 Å². The van der Waals surface area contributed by atoms with Crippen LogP contribution >= 0.6 is 11.6 Å². The van der Waals surface area contributed by atoms with E-state index < -0.39 is 0 Å². The maximum atomic E-state index is 12.5. The maximum absolute atomic E-state index is 12.5. The van der Waals surface area contributed by atoms with E-state index in [1.54, 1.807) is 9.80 Å². The molecule has 0 aliphatic carbocycles. The molecule has 0 unspecified atom stereocenters. The minimum absolute atomic E-state index is 0.00543. The fourth-order valence-corrected chi connectivity index (χ4v) is 3.15. The number of amides is 2. The molecule has 0 saturated carbocycles. The summed E-state index contributed by atoms with van der Waals surface area (Å²) in [7, 11) is 0. The molecule has 0 bridgehead atoms. The minimum atomic E-state index is -0.307. The van der Waals surface area contributed by atoms with Gasteiger partial charge < -0.3 is 14.5 Å². The monoisotopic (exact) mass is 352 g/mol. The Morgan fingerprint density at radius 1 is 1.29 bits per heavy atom. The van der Waals surface area contributed by atoms with Crippen LogP contribution in [-0.4, -0.2) is 53.4 Å². The molecular weight excluding hydrogens is 328 g/mol. The normalized spacial score (nSPS) is 17.4. The van der Waals surface area contributed by atoms with Gasteiger partial charge in [0.05, 0.1) is 6.04 Å². The summed E-state index contributed by atoms with van der Waals surface area (Å²) in [5.41, 5.74) is 0.965. The lowest BCUT2D eigenvalue weighted by Crippen LogP contribution is -2.51. The molecule has 1 saturated heterocycles. The molecule has 0 spiro atoms. The van der Waals surface area contributed by atoms with E-state index in [9.17, 15) is 9.59 Å². The zero-order chi connectivity index (χ0) is 17.4. The van der Waals surface area contributed by atoms with Gasteiger partial charge in [0.25, 0.3) is 0 Å². The topological polar surface area (TPSA) is 49.9 Å². The molecule has 5 nitrogen and oxygen atoms in total. The molecule has 0 aromatic heterocycles. The van der Waals surface area contributed by atoms with E-state index in [4.69, 9.17) is 16.3 Å². The smallest absolute Gasteiger partial charge is 0.410 e. The van der Waals surface area contributed by atoms with Gasteiger partial charge in [-0.1, -0.05) is 30.3 Å². The number of alkyl halides is 1. The molecule has 132 valence electrons. The van der Waals surface area contributed by atoms with Crippen LogP contribution in [0.4, 0.5) is 4.79 Å². The second-order valence-electron chi connectivity index (χ2n) is 5.95. The van der Waals surface area contributed by atoms with Gasteiger partial charge in [-0.3, -0.25) is 4.79 Å². The highest BCUT2D eigenvalue weighted by Crippen LogP contribution is 2.20. The Kier molecular flexibility index (Phi) is 7.37. The number of hydrogen-bond acceptors (Lipinski definition) is 3. The van der Waals surface area contributed by atoms with Crippen LogP contribution in [-0.2, 0) is 16.1 Å². The first-order valence-electron chi connectivity index (χ1n) is 8.46. The molecule has 2 rings (SSSR count). The van der Waals surface area contributed by atoms with Crippen LogP contribution in [0.5, 0.6) is 0 Å². The summed E-state index contributed by atoms with van der Waals surface area (Å²) in [4.78, 5) is 27.8. The van der Waals surface area contributed by atoms with Crippen molar-refractivity contribution in [2.75, 3.05) is 25.5 Å². The Balaban J connectivity index is 1.94. The van der Waals surface area contributed by atoms with E-state index in [0.717, 1.165) is 24.8 Å². The lowest BCUT2D eigenvalue weighted by atomic mass is 10.0. The lowest BCUT2D eigenvalue weighted by Gasteiger charge is -2.37. The zero-order valence-corrected chi connectivity index (χ0v) is 14.9. The molecule has 2 amide bonds. The van der Waals surface area contributed by atoms with E-state index in [0.29, 0.717) is 19.6 Å². The minimum Gasteiger partial charge on any atom is -0.445 e. The second kappa shape index (κ2) is 9.52. The fraction of sp³-hybridized carbons (Fsp3) is 0.556. The van der Waals surface area contributed by atoms with Crippen molar-refractivity contribution in [1.82, 2.24) is 9.80 Å². The Labute approximate surface area is 148 Å². The van der Waals surface area contributed by atoms with Crippen LogP contribution in [0.2, 0.25) is 0 Å². The molecule has 1 aromatic rings. The molecule has 1 aliphatic heterocycles. The van der Waals surface area contributed by atoms with E-state index >= 15 is 0 Å². The molecule has 1 aliphatic rings. The van der Waals surface area contributed by atoms with Gasteiger partial charge >= 0.3 is 6.09 Å². The summed E-state index contributed by atoms with van der Waals surface area (Å²) in [5.74, 6) is -0.124. The first-order chi connectivity index (χ1) is 11.7. The number of benzene rings is 1. The summed E-state index contributed by atoms with van der Waals surface area (Å²) < 4.78 is 5.46. The van der Waals surface area contributed by atoms with Gasteiger partial charge in [0, 0.05) is 19.6 Å². The van der Waals surface area contributed by atoms with Gasteiger partial charge in [0.15, 0.2) is 0 Å². The van der Waals surface area contributed by atoms with Gasteiger partial charge in [0.2, 0.25) is 5.91 Å². The Morgan fingerprint density at radius 3 is 2.71 bits per heavy atom. The van der Waals surface area contributed by atoms with Crippen LogP contribution in [0.15, 0.2) is 30.3 Å². The summed E-state index contributed by atoms with van der Waals surface area (Å²) in [6.45, 7) is 3.97. The van der Waals surface area contributed by atoms with E-state index in [2.05, 4.69) is 0 Å². The predicted octanol–water partition coefficient (Wildman–Crippen LogP) is 3.27. The van der Waals surface area contributed by atoms with Crippen molar-refractivity contribution >= 4 is 23.6 Å². The number of rotatable bonds is 6. The summed E-state index contributed by atoms with van der Waals surface area (Å²) >= 11 is 5.66. The van der Waals surface area contributed by atoms with Gasteiger partial charge in [-0.05, 0) is 31.7 Å². The molecule has 24 heavy (non-hydrogen) atoms. The van der Waals surface area contributed by atoms with Crippen molar-refractivity contribution in [2.24, 2.45) is 0 Å². The Morgan fingerprint density at radius 2 is 2.04 bits per heavy atom. The van der Waals surface area contributed by atoms with Crippen molar-refractivity contribution in [3.63, 3.8) is 0 Å². The number of carbonyl (C=O) groups is 2. The molecule has 1 heterocycles. The van der Waals surface area contributed by atoms with Gasteiger partial charge in [0.1, 0.15) is 12.5 Å². The average molecular weight is 353 g/mol. The predicted molar refractivity (Wildman–Crippen MR) is 93.9 cm³/mol. The Hall–Kier alpha value is -1.75. The van der Waals surface area contributed by atoms with Gasteiger partial charge in [-0.2, -0.15) is 0 Å². The Bertz CT molecular complexity index is 538. The van der Waals surface area contributed by atoms with E-state index in [1.165, 1.54) is 0 Å². The number of carbonyl (C=O) groups excluding carboxylic acids is 2. The lowest BCUT2D eigenvalue weighted by molar-refractivity contribution is -0.129. The standard InChI is InChI=1S/C18H25ClN2O3/c1-2-20(17(22)12-19)13-16-10-6-7-11-21(16)18(23)24-14-15-8-4-3-5-9-15/h3-5,8-9,16H,2,6-7,10-14H2,1H3/t16-/m1/s1. The highest BCUT2D eigenvalue weighted by Gasteiger charge is 2.30. The second-order valence-corrected chi connectivity index (χ2v) is 6.22. The largest absolute Gasteiger partial charge is 0.445 e. The van der Waals surface area contributed by atoms with E-state index in [-0.39, 0.29) is 30.5 Å². The summed E-state index contributed by atoms with van der Waals surface area (Å²) in [6.07, 6.45) is 2.59. The molecule has 0 N–H and O–H groups in total. The molecule has 0 radical (unpaired) electrons. The van der Waals surface area contributed by atoms with Crippen LogP contribution in [0.1, 0.15) is 31.7 Å². The molecule has 1 fully saturated rings. The van der Waals surface area contributed by atoms with Crippen molar-refractivity contribution in [3.8, 4) is 0 Å². The van der Waals surface area contributed by atoms with Crippen LogP contribution in [0.25, 0.3) is 0 Å². The summed E-state index contributed by atoms with van der Waals surface area (Å²) in [6, 6.07) is 9.62. The van der Waals surface area contributed by atoms with Crippen molar-refractivity contribution in [3.05, 3.63) is 35.9 Å². The number of hydrogen-bond donors (Lipinski definition) is 0. The van der Waals surface area contributed by atoms with Gasteiger partial charge in [-0.25, -0.2) is 4.79 Å². The highest BCUT2D eigenvalue weighted by molar-refractivity contribution is 6.27. The summed E-state index contributed by atoms with van der Waals surface area (Å²) in [5, 5.41) is 0. The quantitative estimate of drug-likeness (QED) is 0.738. The van der Waals surface area contributed by atoms with Crippen LogP contribution < -0.4 is 0 Å². The number of nitrogens with zero attached hydrogens (tertiary/aromatic N) is 2. The molecular formula is C18H25ClN2O3. The highest BCUT2D eigenvalue weighted by atomic mass is 35.5. The SMILES string of the molecule is CCN(C[C@H]1CCCCN1C(=O)OCc1ccccc1)C(=O)CCl. The molecule has 1 atom stereocenters. The van der Waals surface area contributed by atoms with E-state index in [1.807, 2.05) is 37.3 Å². The average Bonchev–Trinajstić information content (AvgIpc) is 2.64. The maximum Gasteiger partial charge on any atom is 0.410 e. The number of halogens is 1. The fourth-order valence-electron chi connectivity index (χ4n) is 2.98. The van der Waals surface area contributed by atoms with Crippen molar-refractivity contribution in [2.45, 2.75) is 38.8 Å². The third-order valence-corrected chi connectivity index (χ3v) is 4.58. The van der Waals surface area contributed by atoms with Crippen LogP contribution in [0, 0.1) is 0 Å².